The second-order valence-corrected chi connectivity index (χ2v) is 5.71. The molecule has 0 aromatic rings. The van der Waals surface area contributed by atoms with Gasteiger partial charge in [0.15, 0.2) is 0 Å². The second kappa shape index (κ2) is 5.99. The Kier molecular flexibility index (Phi) is 4.62. The third kappa shape index (κ3) is 4.04. The van der Waals surface area contributed by atoms with Crippen LogP contribution in [0.1, 0.15) is 26.7 Å². The van der Waals surface area contributed by atoms with Crippen molar-refractivity contribution in [3.8, 4) is 0 Å². The van der Waals surface area contributed by atoms with Crippen LogP contribution in [0.5, 0.6) is 0 Å². The minimum Gasteiger partial charge on any atom is -0.314 e. The largest absolute Gasteiger partial charge is 0.314 e. The summed E-state index contributed by atoms with van der Waals surface area (Å²) in [6.45, 7) is 13.3. The van der Waals surface area contributed by atoms with E-state index in [1.807, 2.05) is 0 Å². The Labute approximate surface area is 100 Å². The lowest BCUT2D eigenvalue weighted by atomic mass is 10.2. The molecule has 16 heavy (non-hydrogen) atoms. The van der Waals surface area contributed by atoms with Crippen LogP contribution in [0.4, 0.5) is 0 Å². The lowest BCUT2D eigenvalue weighted by Gasteiger charge is -2.31. The molecule has 1 aliphatic heterocycles. The molecule has 1 saturated heterocycles. The summed E-state index contributed by atoms with van der Waals surface area (Å²) in [5, 5.41) is 3.41. The summed E-state index contributed by atoms with van der Waals surface area (Å²) in [5.41, 5.74) is 0. The summed E-state index contributed by atoms with van der Waals surface area (Å²) in [4.78, 5) is 5.32. The van der Waals surface area contributed by atoms with E-state index in [-0.39, 0.29) is 0 Å². The molecule has 0 amide bonds. The predicted octanol–water partition coefficient (Wildman–Crippen LogP) is 1.01. The van der Waals surface area contributed by atoms with Gasteiger partial charge in [0.2, 0.25) is 0 Å². The van der Waals surface area contributed by atoms with Crippen molar-refractivity contribution < 1.29 is 0 Å². The van der Waals surface area contributed by atoms with Crippen molar-refractivity contribution in [2.75, 3.05) is 45.8 Å². The Balaban J connectivity index is 1.68. The predicted molar refractivity (Wildman–Crippen MR) is 68.7 cm³/mol. The van der Waals surface area contributed by atoms with Gasteiger partial charge < -0.3 is 5.32 Å². The third-order valence-electron chi connectivity index (χ3n) is 3.58. The summed E-state index contributed by atoms with van der Waals surface area (Å²) >= 11 is 0. The zero-order valence-corrected chi connectivity index (χ0v) is 10.9. The van der Waals surface area contributed by atoms with E-state index in [4.69, 9.17) is 0 Å². The maximum Gasteiger partial charge on any atom is 0.0112 e. The zero-order chi connectivity index (χ0) is 11.4. The van der Waals surface area contributed by atoms with Crippen LogP contribution in [0.3, 0.4) is 0 Å². The fourth-order valence-corrected chi connectivity index (χ4v) is 2.54. The van der Waals surface area contributed by atoms with Gasteiger partial charge in [0.1, 0.15) is 0 Å². The maximum atomic E-state index is 3.41. The van der Waals surface area contributed by atoms with E-state index in [0.29, 0.717) is 0 Å². The molecule has 2 fully saturated rings. The molecule has 94 valence electrons. The van der Waals surface area contributed by atoms with Crippen molar-refractivity contribution in [2.45, 2.75) is 32.7 Å². The molecule has 0 aromatic heterocycles. The Morgan fingerprint density at radius 2 is 1.94 bits per heavy atom. The quantitative estimate of drug-likeness (QED) is 0.728. The van der Waals surface area contributed by atoms with Crippen LogP contribution >= 0.6 is 0 Å². The number of nitrogens with one attached hydrogen (secondary N) is 1. The molecule has 0 radical (unpaired) electrons. The Hall–Kier alpha value is -0.120. The molecule has 2 aliphatic rings. The zero-order valence-electron chi connectivity index (χ0n) is 10.9. The molecule has 1 aliphatic carbocycles. The summed E-state index contributed by atoms with van der Waals surface area (Å²) < 4.78 is 0. The van der Waals surface area contributed by atoms with Crippen LogP contribution in [0.25, 0.3) is 0 Å². The molecule has 0 spiro atoms. The van der Waals surface area contributed by atoms with Gasteiger partial charge >= 0.3 is 0 Å². The molecule has 1 saturated carbocycles. The van der Waals surface area contributed by atoms with Gasteiger partial charge in [0, 0.05) is 51.9 Å². The smallest absolute Gasteiger partial charge is 0.0112 e. The molecular formula is C13H27N3. The highest BCUT2D eigenvalue weighted by Crippen LogP contribution is 2.27. The molecule has 3 heteroatoms. The average molecular weight is 225 g/mol. The fourth-order valence-electron chi connectivity index (χ4n) is 2.54. The Morgan fingerprint density at radius 1 is 1.25 bits per heavy atom. The van der Waals surface area contributed by atoms with E-state index in [1.165, 1.54) is 58.7 Å². The standard InChI is InChI=1S/C13H27N3/c1-12(2)11-16(13-3-4-13)10-9-15-7-5-14-6-8-15/h12-14H,3-11H2,1-2H3. The van der Waals surface area contributed by atoms with Crippen molar-refractivity contribution >= 4 is 0 Å². The van der Waals surface area contributed by atoms with Gasteiger partial charge in [0.25, 0.3) is 0 Å². The fraction of sp³-hybridized carbons (Fsp3) is 1.00. The third-order valence-corrected chi connectivity index (χ3v) is 3.58. The first kappa shape index (κ1) is 12.3. The summed E-state index contributed by atoms with van der Waals surface area (Å²) in [5.74, 6) is 0.809. The van der Waals surface area contributed by atoms with E-state index in [2.05, 4.69) is 29.0 Å². The van der Waals surface area contributed by atoms with Crippen LogP contribution in [-0.2, 0) is 0 Å². The van der Waals surface area contributed by atoms with Gasteiger partial charge in [-0.05, 0) is 18.8 Å². The normalized spacial score (nSPS) is 23.2. The monoisotopic (exact) mass is 225 g/mol. The van der Waals surface area contributed by atoms with Crippen LogP contribution in [-0.4, -0.2) is 61.7 Å². The van der Waals surface area contributed by atoms with Gasteiger partial charge in [-0.2, -0.15) is 0 Å². The van der Waals surface area contributed by atoms with Crippen molar-refractivity contribution in [1.82, 2.24) is 15.1 Å². The average Bonchev–Trinajstić information content (AvgIpc) is 3.09. The summed E-state index contributed by atoms with van der Waals surface area (Å²) in [7, 11) is 0. The highest BCUT2D eigenvalue weighted by molar-refractivity contribution is 4.85. The number of rotatable bonds is 6. The van der Waals surface area contributed by atoms with E-state index >= 15 is 0 Å². The minimum absolute atomic E-state index is 0.809. The molecule has 0 atom stereocenters. The Morgan fingerprint density at radius 3 is 2.50 bits per heavy atom. The van der Waals surface area contributed by atoms with Gasteiger partial charge in [0.05, 0.1) is 0 Å². The van der Waals surface area contributed by atoms with E-state index in [1.54, 1.807) is 0 Å². The summed E-state index contributed by atoms with van der Waals surface area (Å²) in [6, 6.07) is 0.922. The molecule has 0 bridgehead atoms. The van der Waals surface area contributed by atoms with Gasteiger partial charge in [-0.3, -0.25) is 9.80 Å². The molecule has 0 aromatic carbocycles. The van der Waals surface area contributed by atoms with Crippen molar-refractivity contribution in [3.63, 3.8) is 0 Å². The van der Waals surface area contributed by atoms with Crippen molar-refractivity contribution in [1.29, 1.82) is 0 Å². The van der Waals surface area contributed by atoms with Crippen molar-refractivity contribution in [2.24, 2.45) is 5.92 Å². The number of hydrogen-bond acceptors (Lipinski definition) is 3. The number of hydrogen-bond donors (Lipinski definition) is 1. The first-order chi connectivity index (χ1) is 7.75. The van der Waals surface area contributed by atoms with Crippen LogP contribution in [0.15, 0.2) is 0 Å². The lowest BCUT2D eigenvalue weighted by Crippen LogP contribution is -2.47. The lowest BCUT2D eigenvalue weighted by molar-refractivity contribution is 0.172. The molecule has 0 unspecified atom stereocenters. The molecular weight excluding hydrogens is 198 g/mol. The van der Waals surface area contributed by atoms with Crippen LogP contribution < -0.4 is 5.32 Å². The topological polar surface area (TPSA) is 18.5 Å². The van der Waals surface area contributed by atoms with Gasteiger partial charge in [-0.1, -0.05) is 13.8 Å². The highest BCUT2D eigenvalue weighted by atomic mass is 15.2. The Bertz CT molecular complexity index is 195. The van der Waals surface area contributed by atoms with Gasteiger partial charge in [-0.25, -0.2) is 0 Å². The van der Waals surface area contributed by atoms with Crippen molar-refractivity contribution in [3.05, 3.63) is 0 Å². The second-order valence-electron chi connectivity index (χ2n) is 5.71. The first-order valence-electron chi connectivity index (χ1n) is 6.93. The van der Waals surface area contributed by atoms with E-state index in [9.17, 15) is 0 Å². The van der Waals surface area contributed by atoms with E-state index in [0.717, 1.165) is 12.0 Å². The molecule has 1 heterocycles. The van der Waals surface area contributed by atoms with E-state index < -0.39 is 0 Å². The van der Waals surface area contributed by atoms with Crippen LogP contribution in [0.2, 0.25) is 0 Å². The highest BCUT2D eigenvalue weighted by Gasteiger charge is 2.29. The minimum atomic E-state index is 0.809. The maximum absolute atomic E-state index is 3.41. The number of piperazine rings is 1. The van der Waals surface area contributed by atoms with Crippen LogP contribution in [0, 0.1) is 5.92 Å². The number of nitrogens with zero attached hydrogens (tertiary/aromatic N) is 2. The summed E-state index contributed by atoms with van der Waals surface area (Å²) in [6.07, 6.45) is 2.88. The molecule has 1 N–H and O–H groups in total. The van der Waals surface area contributed by atoms with Gasteiger partial charge in [-0.15, -0.1) is 0 Å². The first-order valence-corrected chi connectivity index (χ1v) is 6.93. The molecule has 3 nitrogen and oxygen atoms in total. The molecule has 2 rings (SSSR count). The SMILES string of the molecule is CC(C)CN(CCN1CCNCC1)C1CC1.